The van der Waals surface area contributed by atoms with Crippen LogP contribution in [0.1, 0.15) is 16.8 Å². The van der Waals surface area contributed by atoms with E-state index < -0.39 is 12.1 Å². The molecule has 10 heteroatoms. The van der Waals surface area contributed by atoms with Crippen molar-refractivity contribution in [3.05, 3.63) is 54.5 Å². The van der Waals surface area contributed by atoms with E-state index >= 15 is 0 Å². The maximum absolute atomic E-state index is 12.4. The number of aromatic nitrogens is 2. The van der Waals surface area contributed by atoms with Gasteiger partial charge >= 0.3 is 12.1 Å². The van der Waals surface area contributed by atoms with Crippen LogP contribution in [0.5, 0.6) is 0 Å². The van der Waals surface area contributed by atoms with E-state index in [0.717, 1.165) is 4.90 Å². The van der Waals surface area contributed by atoms with E-state index in [4.69, 9.17) is 5.73 Å². The zero-order chi connectivity index (χ0) is 20.3. The summed E-state index contributed by atoms with van der Waals surface area (Å²) in [6, 6.07) is 9.73. The number of nitrogens with two attached hydrogens (primary N) is 1. The molecule has 3 saturated heterocycles. The van der Waals surface area contributed by atoms with E-state index in [-0.39, 0.29) is 18.0 Å². The van der Waals surface area contributed by atoms with Gasteiger partial charge in [0, 0.05) is 24.8 Å². The predicted octanol–water partition coefficient (Wildman–Crippen LogP) is 1.61. The number of primary amides is 1. The Bertz CT molecular complexity index is 820. The monoisotopic (exact) mass is 393 g/mol. The van der Waals surface area contributed by atoms with Crippen LogP contribution in [0.2, 0.25) is 0 Å². The second kappa shape index (κ2) is 7.83. The van der Waals surface area contributed by atoms with E-state index in [1.165, 1.54) is 6.33 Å². The molecule has 0 aliphatic carbocycles. The lowest BCUT2D eigenvalue weighted by Gasteiger charge is -2.56. The SMILES string of the molecule is NC(=O)c1ccccc1.O=C(N1C2CC1CN(c1ccncn1)C2)C(F)(F)F. The Kier molecular flexibility index (Phi) is 5.48. The molecule has 2 aromatic rings. The third-order valence-corrected chi connectivity index (χ3v) is 4.62. The van der Waals surface area contributed by atoms with Crippen molar-refractivity contribution < 1.29 is 22.8 Å². The number of halogens is 3. The fourth-order valence-electron chi connectivity index (χ4n) is 3.35. The van der Waals surface area contributed by atoms with Gasteiger partial charge in [0.05, 0.1) is 12.1 Å². The molecule has 2 atom stereocenters. The van der Waals surface area contributed by atoms with Crippen LogP contribution in [-0.4, -0.2) is 58.0 Å². The largest absolute Gasteiger partial charge is 0.471 e. The average Bonchev–Trinajstić information content (AvgIpc) is 2.69. The minimum Gasteiger partial charge on any atom is -0.366 e. The van der Waals surface area contributed by atoms with Gasteiger partial charge in [-0.1, -0.05) is 18.2 Å². The van der Waals surface area contributed by atoms with Crippen molar-refractivity contribution in [1.29, 1.82) is 0 Å². The summed E-state index contributed by atoms with van der Waals surface area (Å²) in [5.74, 6) is -1.42. The van der Waals surface area contributed by atoms with E-state index in [2.05, 4.69) is 9.97 Å². The molecule has 2 amide bonds. The highest BCUT2D eigenvalue weighted by Crippen LogP contribution is 2.37. The van der Waals surface area contributed by atoms with Gasteiger partial charge in [-0.15, -0.1) is 0 Å². The number of amides is 2. The van der Waals surface area contributed by atoms with Crippen molar-refractivity contribution in [2.45, 2.75) is 24.7 Å². The maximum atomic E-state index is 12.4. The van der Waals surface area contributed by atoms with Gasteiger partial charge in [0.15, 0.2) is 0 Å². The predicted molar refractivity (Wildman–Crippen MR) is 94.3 cm³/mol. The van der Waals surface area contributed by atoms with Gasteiger partial charge < -0.3 is 15.5 Å². The topological polar surface area (TPSA) is 92.4 Å². The summed E-state index contributed by atoms with van der Waals surface area (Å²) in [6.07, 6.45) is -1.17. The smallest absolute Gasteiger partial charge is 0.366 e. The van der Waals surface area contributed by atoms with Gasteiger partial charge in [-0.3, -0.25) is 9.59 Å². The van der Waals surface area contributed by atoms with Crippen molar-refractivity contribution in [3.63, 3.8) is 0 Å². The van der Waals surface area contributed by atoms with Crippen LogP contribution in [0.15, 0.2) is 48.9 Å². The number of carbonyl (C=O) groups excluding carboxylic acids is 2. The van der Waals surface area contributed by atoms with Crippen molar-refractivity contribution in [2.24, 2.45) is 5.73 Å². The number of nitrogens with zero attached hydrogens (tertiary/aromatic N) is 4. The first-order valence-electron chi connectivity index (χ1n) is 8.52. The molecule has 1 aromatic heterocycles. The molecule has 0 radical (unpaired) electrons. The normalized spacial score (nSPS) is 20.5. The fraction of sp³-hybridized carbons (Fsp3) is 0.333. The number of hydrogen-bond donors (Lipinski definition) is 1. The Morgan fingerprint density at radius 2 is 1.71 bits per heavy atom. The maximum Gasteiger partial charge on any atom is 0.471 e. The molecule has 0 spiro atoms. The Balaban J connectivity index is 0.000000211. The number of alkyl halides is 3. The minimum atomic E-state index is -4.78. The number of hydrogen-bond acceptors (Lipinski definition) is 5. The minimum absolute atomic E-state index is 0.372. The molecule has 3 aliphatic rings. The van der Waals surface area contributed by atoms with Crippen LogP contribution < -0.4 is 10.6 Å². The van der Waals surface area contributed by atoms with E-state index in [9.17, 15) is 22.8 Å². The number of fused-ring (bicyclic) bond motifs is 2. The van der Waals surface area contributed by atoms with E-state index in [0.29, 0.717) is 30.9 Å². The van der Waals surface area contributed by atoms with Crippen LogP contribution in [-0.2, 0) is 4.79 Å². The van der Waals surface area contributed by atoms with Gasteiger partial charge in [-0.2, -0.15) is 13.2 Å². The molecule has 2 N–H and O–H groups in total. The molecular formula is C18H18F3N5O2. The molecule has 4 heterocycles. The first-order valence-corrected chi connectivity index (χ1v) is 8.52. The summed E-state index contributed by atoms with van der Waals surface area (Å²) < 4.78 is 37.3. The third-order valence-electron chi connectivity index (χ3n) is 4.62. The molecule has 3 fully saturated rings. The number of carbonyl (C=O) groups is 2. The lowest BCUT2D eigenvalue weighted by molar-refractivity contribution is -0.199. The summed E-state index contributed by atoms with van der Waals surface area (Å²) in [7, 11) is 0. The zero-order valence-electron chi connectivity index (χ0n) is 14.7. The summed E-state index contributed by atoms with van der Waals surface area (Å²) in [4.78, 5) is 32.4. The molecule has 0 saturated carbocycles. The van der Waals surface area contributed by atoms with Crippen molar-refractivity contribution in [3.8, 4) is 0 Å². The number of anilines is 1. The Morgan fingerprint density at radius 3 is 2.18 bits per heavy atom. The molecule has 2 bridgehead atoms. The van der Waals surface area contributed by atoms with E-state index in [1.807, 2.05) is 11.0 Å². The van der Waals surface area contributed by atoms with Crippen LogP contribution in [0, 0.1) is 0 Å². The Labute approximate surface area is 159 Å². The number of rotatable bonds is 2. The summed E-state index contributed by atoms with van der Waals surface area (Å²) in [6.45, 7) is 0.769. The average molecular weight is 393 g/mol. The molecule has 148 valence electrons. The van der Waals surface area contributed by atoms with Gasteiger partial charge in [-0.05, 0) is 24.6 Å². The molecule has 1 aromatic carbocycles. The van der Waals surface area contributed by atoms with Crippen LogP contribution in [0.4, 0.5) is 19.0 Å². The molecule has 28 heavy (non-hydrogen) atoms. The Hall–Kier alpha value is -3.17. The van der Waals surface area contributed by atoms with Crippen molar-refractivity contribution >= 4 is 17.6 Å². The van der Waals surface area contributed by atoms with Gasteiger partial charge in [0.2, 0.25) is 5.91 Å². The molecule has 3 aliphatic heterocycles. The highest BCUT2D eigenvalue weighted by atomic mass is 19.4. The van der Waals surface area contributed by atoms with Crippen LogP contribution in [0.3, 0.4) is 0 Å². The fourth-order valence-corrected chi connectivity index (χ4v) is 3.35. The molecule has 7 nitrogen and oxygen atoms in total. The van der Waals surface area contributed by atoms with Gasteiger partial charge in [0.1, 0.15) is 12.1 Å². The van der Waals surface area contributed by atoms with Gasteiger partial charge in [-0.25, -0.2) is 9.97 Å². The lowest BCUT2D eigenvalue weighted by atomic mass is 9.87. The molecule has 5 rings (SSSR count). The van der Waals surface area contributed by atoms with Crippen molar-refractivity contribution in [2.75, 3.05) is 18.0 Å². The Morgan fingerprint density at radius 1 is 1.07 bits per heavy atom. The molecule has 2 unspecified atom stereocenters. The lowest BCUT2D eigenvalue weighted by Crippen LogP contribution is -2.72. The summed E-state index contributed by atoms with van der Waals surface area (Å²) in [5, 5.41) is 0. The summed E-state index contributed by atoms with van der Waals surface area (Å²) in [5.41, 5.74) is 5.53. The second-order valence-corrected chi connectivity index (χ2v) is 6.46. The van der Waals surface area contributed by atoms with Crippen LogP contribution >= 0.6 is 0 Å². The zero-order valence-corrected chi connectivity index (χ0v) is 14.7. The number of piperidine rings is 1. The van der Waals surface area contributed by atoms with E-state index in [1.54, 1.807) is 36.5 Å². The molecular weight excluding hydrogens is 375 g/mol. The standard InChI is InChI=1S/C11H11F3N4O.C7H7NO/c12-11(13,14)10(19)18-7-3-8(18)5-17(4-7)9-1-2-15-6-16-9;8-7(9)6-4-2-1-3-5-6/h1-2,6-8H,3-5H2;1-5H,(H2,8,9). The van der Waals surface area contributed by atoms with Crippen molar-refractivity contribution in [1.82, 2.24) is 14.9 Å². The highest BCUT2D eigenvalue weighted by Gasteiger charge is 2.54. The number of piperazine rings is 1. The highest BCUT2D eigenvalue weighted by molar-refractivity contribution is 5.92. The number of benzene rings is 1. The quantitative estimate of drug-likeness (QED) is 0.837. The summed E-state index contributed by atoms with van der Waals surface area (Å²) >= 11 is 0. The first-order chi connectivity index (χ1) is 13.3. The second-order valence-electron chi connectivity index (χ2n) is 6.46. The van der Waals surface area contributed by atoms with Gasteiger partial charge in [0.25, 0.3) is 0 Å². The first kappa shape index (κ1) is 19.6. The third kappa shape index (κ3) is 4.21. The van der Waals surface area contributed by atoms with Crippen LogP contribution in [0.25, 0.3) is 0 Å².